The average Bonchev–Trinajstić information content (AvgIpc) is 2.50. The fourth-order valence-corrected chi connectivity index (χ4v) is 1.61. The number of aromatic nitrogens is 1. The number of fused-ring (bicyclic) bond motifs is 1. The minimum Gasteiger partial charge on any atom is -0.380 e. The van der Waals surface area contributed by atoms with Crippen molar-refractivity contribution in [2.75, 3.05) is 5.73 Å². The van der Waals surface area contributed by atoms with Gasteiger partial charge < -0.3 is 10.3 Å². The molecule has 0 fully saturated rings. The molecule has 0 amide bonds. The minimum absolute atomic E-state index is 0.357. The Bertz CT molecular complexity index is 450. The van der Waals surface area contributed by atoms with Crippen LogP contribution in [0.5, 0.6) is 0 Å². The van der Waals surface area contributed by atoms with Gasteiger partial charge in [0.05, 0.1) is 10.4 Å². The molecule has 1 heterocycles. The smallest absolute Gasteiger partial charge is 0.176 e. The zero-order chi connectivity index (χ0) is 9.42. The van der Waals surface area contributed by atoms with E-state index in [1.165, 1.54) is 0 Å². The van der Waals surface area contributed by atoms with Crippen LogP contribution in [0.3, 0.4) is 0 Å². The first kappa shape index (κ1) is 8.38. The van der Waals surface area contributed by atoms with Crippen molar-refractivity contribution in [1.82, 2.24) is 5.16 Å². The van der Waals surface area contributed by atoms with E-state index in [4.69, 9.17) is 21.9 Å². The number of hydrogen-bond donors (Lipinski definition) is 1. The molecule has 0 aliphatic rings. The molecule has 4 heteroatoms. The summed E-state index contributed by atoms with van der Waals surface area (Å²) in [6, 6.07) is 3.74. The largest absolute Gasteiger partial charge is 0.380 e. The van der Waals surface area contributed by atoms with Crippen molar-refractivity contribution in [1.29, 1.82) is 0 Å². The molecule has 0 bridgehead atoms. The van der Waals surface area contributed by atoms with E-state index in [1.807, 2.05) is 19.1 Å². The lowest BCUT2D eigenvalue weighted by Crippen LogP contribution is -1.85. The summed E-state index contributed by atoms with van der Waals surface area (Å²) in [6.45, 7) is 2.04. The highest BCUT2D eigenvalue weighted by molar-refractivity contribution is 6.36. The standard InChI is InChI=1S/C9H9ClN2O/c1-2-5-3-4-6(10)7-8(5)13-12-9(7)11/h3-4H,2H2,1H3,(H2,11,12). The van der Waals surface area contributed by atoms with E-state index in [-0.39, 0.29) is 0 Å². The van der Waals surface area contributed by atoms with Gasteiger partial charge in [0.1, 0.15) is 0 Å². The van der Waals surface area contributed by atoms with Crippen LogP contribution in [0, 0.1) is 0 Å². The molecule has 0 unspecified atom stereocenters. The molecule has 0 spiro atoms. The molecule has 1 aromatic carbocycles. The Morgan fingerprint density at radius 1 is 1.54 bits per heavy atom. The van der Waals surface area contributed by atoms with E-state index in [9.17, 15) is 0 Å². The van der Waals surface area contributed by atoms with Crippen molar-refractivity contribution in [3.05, 3.63) is 22.7 Å². The van der Waals surface area contributed by atoms with Crippen LogP contribution >= 0.6 is 11.6 Å². The lowest BCUT2D eigenvalue weighted by molar-refractivity contribution is 0.458. The molecule has 0 saturated carbocycles. The van der Waals surface area contributed by atoms with Gasteiger partial charge in [0.15, 0.2) is 11.4 Å². The number of aryl methyl sites for hydroxylation is 1. The maximum atomic E-state index is 5.95. The average molecular weight is 197 g/mol. The fourth-order valence-electron chi connectivity index (χ4n) is 1.36. The van der Waals surface area contributed by atoms with E-state index < -0.39 is 0 Å². The summed E-state index contributed by atoms with van der Waals surface area (Å²) in [7, 11) is 0. The second-order valence-electron chi connectivity index (χ2n) is 2.83. The van der Waals surface area contributed by atoms with Crippen molar-refractivity contribution in [3.63, 3.8) is 0 Å². The number of anilines is 1. The Hall–Kier alpha value is -1.22. The van der Waals surface area contributed by atoms with Gasteiger partial charge in [-0.25, -0.2) is 0 Å². The SMILES string of the molecule is CCc1ccc(Cl)c2c(N)noc12. The number of hydrogen-bond acceptors (Lipinski definition) is 3. The van der Waals surface area contributed by atoms with Crippen LogP contribution in [0.25, 0.3) is 11.0 Å². The fraction of sp³-hybridized carbons (Fsp3) is 0.222. The van der Waals surface area contributed by atoms with E-state index >= 15 is 0 Å². The van der Waals surface area contributed by atoms with Crippen molar-refractivity contribution < 1.29 is 4.52 Å². The number of rotatable bonds is 1. The summed E-state index contributed by atoms with van der Waals surface area (Å²) in [5.41, 5.74) is 7.39. The highest BCUT2D eigenvalue weighted by atomic mass is 35.5. The molecule has 0 aliphatic heterocycles. The van der Waals surface area contributed by atoms with Crippen LogP contribution in [-0.4, -0.2) is 5.16 Å². The molecule has 0 aliphatic carbocycles. The first-order valence-corrected chi connectivity index (χ1v) is 4.44. The minimum atomic E-state index is 0.357. The molecule has 3 nitrogen and oxygen atoms in total. The summed E-state index contributed by atoms with van der Waals surface area (Å²) >= 11 is 5.95. The monoisotopic (exact) mass is 196 g/mol. The third kappa shape index (κ3) is 1.16. The number of nitrogen functional groups attached to an aromatic ring is 1. The summed E-state index contributed by atoms with van der Waals surface area (Å²) in [5.74, 6) is 0.357. The van der Waals surface area contributed by atoms with Gasteiger partial charge in [-0.15, -0.1) is 0 Å². The first-order valence-electron chi connectivity index (χ1n) is 4.06. The molecule has 13 heavy (non-hydrogen) atoms. The Labute approximate surface area is 80.5 Å². The quantitative estimate of drug-likeness (QED) is 0.763. The number of halogens is 1. The van der Waals surface area contributed by atoms with Gasteiger partial charge in [0, 0.05) is 0 Å². The maximum absolute atomic E-state index is 5.95. The number of nitrogens with zero attached hydrogens (tertiary/aromatic N) is 1. The number of benzene rings is 1. The Morgan fingerprint density at radius 3 is 3.00 bits per heavy atom. The molecule has 0 radical (unpaired) electrons. The lowest BCUT2D eigenvalue weighted by Gasteiger charge is -1.97. The van der Waals surface area contributed by atoms with Crippen LogP contribution in [-0.2, 0) is 6.42 Å². The second kappa shape index (κ2) is 2.92. The molecule has 1 aromatic heterocycles. The highest BCUT2D eigenvalue weighted by Crippen LogP contribution is 2.30. The van der Waals surface area contributed by atoms with Gasteiger partial charge in [-0.2, -0.15) is 0 Å². The third-order valence-electron chi connectivity index (χ3n) is 2.06. The molecule has 0 atom stereocenters. The zero-order valence-electron chi connectivity index (χ0n) is 7.17. The molecule has 0 saturated heterocycles. The molecular weight excluding hydrogens is 188 g/mol. The maximum Gasteiger partial charge on any atom is 0.176 e. The van der Waals surface area contributed by atoms with Crippen LogP contribution in [0.15, 0.2) is 16.7 Å². The summed E-state index contributed by atoms with van der Waals surface area (Å²) in [4.78, 5) is 0. The molecule has 2 rings (SSSR count). The van der Waals surface area contributed by atoms with Gasteiger partial charge in [-0.1, -0.05) is 29.7 Å². The van der Waals surface area contributed by atoms with Crippen molar-refractivity contribution >= 4 is 28.4 Å². The molecule has 2 N–H and O–H groups in total. The normalized spacial score (nSPS) is 10.9. The summed E-state index contributed by atoms with van der Waals surface area (Å²) in [5, 5.41) is 5.00. The Kier molecular flexibility index (Phi) is 1.88. The van der Waals surface area contributed by atoms with Crippen molar-refractivity contribution in [3.8, 4) is 0 Å². The van der Waals surface area contributed by atoms with Crippen LogP contribution in [0.1, 0.15) is 12.5 Å². The van der Waals surface area contributed by atoms with Crippen molar-refractivity contribution in [2.45, 2.75) is 13.3 Å². The molecule has 68 valence electrons. The van der Waals surface area contributed by atoms with Gasteiger partial charge in [0.2, 0.25) is 0 Å². The van der Waals surface area contributed by atoms with Gasteiger partial charge in [0.25, 0.3) is 0 Å². The Balaban J connectivity index is 2.87. The van der Waals surface area contributed by atoms with Crippen LogP contribution < -0.4 is 5.73 Å². The first-order chi connectivity index (χ1) is 6.24. The third-order valence-corrected chi connectivity index (χ3v) is 2.38. The topological polar surface area (TPSA) is 52.0 Å². The zero-order valence-corrected chi connectivity index (χ0v) is 7.93. The summed E-state index contributed by atoms with van der Waals surface area (Å²) < 4.78 is 5.09. The van der Waals surface area contributed by atoms with E-state index in [0.717, 1.165) is 17.4 Å². The Morgan fingerprint density at radius 2 is 2.31 bits per heavy atom. The molecular formula is C9H9ClN2O. The predicted octanol–water partition coefficient (Wildman–Crippen LogP) is 2.63. The van der Waals surface area contributed by atoms with Gasteiger partial charge in [-0.3, -0.25) is 0 Å². The predicted molar refractivity (Wildman–Crippen MR) is 52.8 cm³/mol. The van der Waals surface area contributed by atoms with Gasteiger partial charge >= 0.3 is 0 Å². The van der Waals surface area contributed by atoms with E-state index in [1.54, 1.807) is 0 Å². The van der Waals surface area contributed by atoms with E-state index in [0.29, 0.717) is 16.4 Å². The summed E-state index contributed by atoms with van der Waals surface area (Å²) in [6.07, 6.45) is 0.877. The lowest BCUT2D eigenvalue weighted by atomic mass is 10.1. The van der Waals surface area contributed by atoms with E-state index in [2.05, 4.69) is 5.16 Å². The molecule has 2 aromatic rings. The van der Waals surface area contributed by atoms with Crippen LogP contribution in [0.4, 0.5) is 5.82 Å². The highest BCUT2D eigenvalue weighted by Gasteiger charge is 2.11. The van der Waals surface area contributed by atoms with Gasteiger partial charge in [-0.05, 0) is 18.1 Å². The second-order valence-corrected chi connectivity index (χ2v) is 3.24. The van der Waals surface area contributed by atoms with Crippen molar-refractivity contribution in [2.24, 2.45) is 0 Å². The van der Waals surface area contributed by atoms with Crippen LogP contribution in [0.2, 0.25) is 5.02 Å². The number of nitrogens with two attached hydrogens (primary N) is 1.